The molecule has 1 aromatic rings. The van der Waals surface area contributed by atoms with Crippen LogP contribution in [-0.2, 0) is 4.79 Å². The molecule has 0 saturated carbocycles. The Morgan fingerprint density at radius 3 is 2.41 bits per heavy atom. The van der Waals surface area contributed by atoms with Crippen molar-refractivity contribution in [3.05, 3.63) is 35.1 Å². The van der Waals surface area contributed by atoms with Crippen molar-refractivity contribution in [2.45, 2.75) is 18.6 Å². The van der Waals surface area contributed by atoms with Gasteiger partial charge in [-0.1, -0.05) is 0 Å². The number of carbonyl (C=O) groups excluding carboxylic acids is 1. The molecule has 0 aliphatic rings. The lowest BCUT2D eigenvalue weighted by molar-refractivity contribution is -0.121. The number of hydrogen-bond donors (Lipinski definition) is 3. The minimum Gasteiger partial charge on any atom is -0.390 e. The van der Waals surface area contributed by atoms with Gasteiger partial charge in [-0.05, 0) is 6.07 Å². The van der Waals surface area contributed by atoms with Crippen molar-refractivity contribution < 1.29 is 28.2 Å². The molecule has 1 aromatic carbocycles. The normalized spacial score (nSPS) is 14.4. The van der Waals surface area contributed by atoms with Crippen LogP contribution in [0.15, 0.2) is 12.1 Å². The monoisotopic (exact) mass is 249 g/mol. The molecule has 17 heavy (non-hydrogen) atoms. The molecule has 0 saturated heterocycles. The topological polar surface area (TPSA) is 83.6 Å². The van der Waals surface area contributed by atoms with Crippen molar-refractivity contribution in [3.8, 4) is 0 Å². The Balaban J connectivity index is 3.03. The minimum atomic E-state index is -1.94. The van der Waals surface area contributed by atoms with Crippen molar-refractivity contribution in [1.29, 1.82) is 0 Å². The molecule has 4 nitrogen and oxygen atoms in total. The molecule has 0 radical (unpaired) electrons. The third-order valence-electron chi connectivity index (χ3n) is 2.11. The molecule has 0 aromatic heterocycles. The van der Waals surface area contributed by atoms with Crippen molar-refractivity contribution in [2.75, 3.05) is 0 Å². The smallest absolute Gasteiger partial charge is 0.220 e. The van der Waals surface area contributed by atoms with Gasteiger partial charge in [-0.25, -0.2) is 13.2 Å². The van der Waals surface area contributed by atoms with E-state index in [1.54, 1.807) is 0 Å². The van der Waals surface area contributed by atoms with Crippen LogP contribution in [-0.4, -0.2) is 22.2 Å². The van der Waals surface area contributed by atoms with Gasteiger partial charge in [0.25, 0.3) is 0 Å². The zero-order valence-electron chi connectivity index (χ0n) is 8.53. The number of aliphatic hydroxyl groups excluding tert-OH is 2. The highest BCUT2D eigenvalue weighted by Crippen LogP contribution is 2.24. The Hall–Kier alpha value is -1.60. The van der Waals surface area contributed by atoms with Gasteiger partial charge in [0.05, 0.1) is 12.5 Å². The third-order valence-corrected chi connectivity index (χ3v) is 2.11. The van der Waals surface area contributed by atoms with Gasteiger partial charge < -0.3 is 15.9 Å². The van der Waals surface area contributed by atoms with E-state index in [4.69, 9.17) is 5.73 Å². The molecule has 94 valence electrons. The number of primary amides is 1. The Morgan fingerprint density at radius 2 is 1.88 bits per heavy atom. The quantitative estimate of drug-likeness (QED) is 0.674. The van der Waals surface area contributed by atoms with Crippen molar-refractivity contribution in [1.82, 2.24) is 0 Å². The van der Waals surface area contributed by atoms with Gasteiger partial charge in [0.2, 0.25) is 5.91 Å². The van der Waals surface area contributed by atoms with Crippen molar-refractivity contribution >= 4 is 5.91 Å². The number of aliphatic hydroxyl groups is 2. The fourth-order valence-electron chi connectivity index (χ4n) is 1.32. The SMILES string of the molecule is NC(=O)CC(O)C(O)c1cc(F)cc(F)c1F. The van der Waals surface area contributed by atoms with E-state index < -0.39 is 47.6 Å². The lowest BCUT2D eigenvalue weighted by Crippen LogP contribution is -2.26. The molecular formula is C10H10F3NO3. The van der Waals surface area contributed by atoms with Crippen LogP contribution in [0.3, 0.4) is 0 Å². The zero-order valence-corrected chi connectivity index (χ0v) is 8.53. The molecule has 7 heteroatoms. The fourth-order valence-corrected chi connectivity index (χ4v) is 1.32. The molecule has 0 spiro atoms. The minimum absolute atomic E-state index is 0.298. The maximum Gasteiger partial charge on any atom is 0.220 e. The Labute approximate surface area is 94.5 Å². The maximum absolute atomic E-state index is 13.2. The molecule has 1 amide bonds. The van der Waals surface area contributed by atoms with Crippen LogP contribution in [0.1, 0.15) is 18.1 Å². The van der Waals surface area contributed by atoms with Crippen LogP contribution in [0.4, 0.5) is 13.2 Å². The van der Waals surface area contributed by atoms with Crippen LogP contribution in [0.2, 0.25) is 0 Å². The molecule has 1 rings (SSSR count). The van der Waals surface area contributed by atoms with E-state index in [1.807, 2.05) is 0 Å². The summed E-state index contributed by atoms with van der Waals surface area (Å²) in [6.07, 6.45) is -4.32. The highest BCUT2D eigenvalue weighted by molar-refractivity contribution is 5.74. The second-order valence-corrected chi connectivity index (χ2v) is 3.47. The number of nitrogens with two attached hydrogens (primary N) is 1. The van der Waals surface area contributed by atoms with Gasteiger partial charge in [0.15, 0.2) is 11.6 Å². The van der Waals surface area contributed by atoms with E-state index >= 15 is 0 Å². The summed E-state index contributed by atoms with van der Waals surface area (Å²) in [4.78, 5) is 10.5. The average Bonchev–Trinajstić information content (AvgIpc) is 2.21. The number of carbonyl (C=O) groups is 1. The van der Waals surface area contributed by atoms with Gasteiger partial charge in [-0.2, -0.15) is 0 Å². The molecule has 2 unspecified atom stereocenters. The third kappa shape index (κ3) is 3.18. The summed E-state index contributed by atoms with van der Waals surface area (Å²) in [5.74, 6) is -5.02. The van der Waals surface area contributed by atoms with E-state index in [-0.39, 0.29) is 0 Å². The largest absolute Gasteiger partial charge is 0.390 e. The van der Waals surface area contributed by atoms with E-state index in [0.717, 1.165) is 0 Å². The Kier molecular flexibility index (Phi) is 4.08. The van der Waals surface area contributed by atoms with Gasteiger partial charge in [-0.15, -0.1) is 0 Å². The number of amides is 1. The molecule has 4 N–H and O–H groups in total. The first-order valence-corrected chi connectivity index (χ1v) is 4.61. The summed E-state index contributed by atoms with van der Waals surface area (Å²) in [5.41, 5.74) is 3.99. The predicted octanol–water partition coefficient (Wildman–Crippen LogP) is 0.374. The van der Waals surface area contributed by atoms with E-state index in [0.29, 0.717) is 12.1 Å². The van der Waals surface area contributed by atoms with Gasteiger partial charge >= 0.3 is 0 Å². The zero-order chi connectivity index (χ0) is 13.2. The Bertz CT molecular complexity index is 439. The molecule has 0 bridgehead atoms. The molecule has 0 heterocycles. The van der Waals surface area contributed by atoms with E-state index in [2.05, 4.69) is 0 Å². The Morgan fingerprint density at radius 1 is 1.29 bits per heavy atom. The number of rotatable bonds is 4. The van der Waals surface area contributed by atoms with E-state index in [9.17, 15) is 28.2 Å². The molecule has 0 aliphatic heterocycles. The fraction of sp³-hybridized carbons (Fsp3) is 0.300. The number of benzene rings is 1. The summed E-state index contributed by atoms with van der Waals surface area (Å²) < 4.78 is 38.8. The first-order valence-electron chi connectivity index (χ1n) is 4.61. The summed E-state index contributed by atoms with van der Waals surface area (Å²) >= 11 is 0. The first-order chi connectivity index (χ1) is 7.82. The predicted molar refractivity (Wildman–Crippen MR) is 51.1 cm³/mol. The van der Waals surface area contributed by atoms with Crippen LogP contribution in [0.25, 0.3) is 0 Å². The summed E-state index contributed by atoms with van der Waals surface area (Å²) in [5, 5.41) is 18.7. The second kappa shape index (κ2) is 5.15. The number of halogens is 3. The van der Waals surface area contributed by atoms with E-state index in [1.165, 1.54) is 0 Å². The van der Waals surface area contributed by atoms with Crippen molar-refractivity contribution in [3.63, 3.8) is 0 Å². The standard InChI is InChI=1S/C10H10F3NO3/c11-4-1-5(9(13)6(12)2-4)10(17)7(15)3-8(14)16/h1-2,7,10,15,17H,3H2,(H2,14,16). The molecular weight excluding hydrogens is 239 g/mol. The highest BCUT2D eigenvalue weighted by atomic mass is 19.2. The highest BCUT2D eigenvalue weighted by Gasteiger charge is 2.25. The van der Waals surface area contributed by atoms with Crippen LogP contribution >= 0.6 is 0 Å². The lowest BCUT2D eigenvalue weighted by Gasteiger charge is -2.17. The molecule has 0 fully saturated rings. The lowest BCUT2D eigenvalue weighted by atomic mass is 10.0. The molecule has 2 atom stereocenters. The van der Waals surface area contributed by atoms with Gasteiger partial charge in [-0.3, -0.25) is 4.79 Å². The summed E-state index contributed by atoms with van der Waals surface area (Å²) in [6.45, 7) is 0. The van der Waals surface area contributed by atoms with Crippen LogP contribution < -0.4 is 5.73 Å². The number of hydrogen-bond acceptors (Lipinski definition) is 3. The van der Waals surface area contributed by atoms with Crippen molar-refractivity contribution in [2.24, 2.45) is 5.73 Å². The maximum atomic E-state index is 13.2. The van der Waals surface area contributed by atoms with Crippen LogP contribution in [0, 0.1) is 17.5 Å². The second-order valence-electron chi connectivity index (χ2n) is 3.47. The first kappa shape index (κ1) is 13.5. The summed E-state index contributed by atoms with van der Waals surface area (Å²) in [7, 11) is 0. The molecule has 0 aliphatic carbocycles. The van der Waals surface area contributed by atoms with Gasteiger partial charge in [0.1, 0.15) is 11.9 Å². The van der Waals surface area contributed by atoms with Gasteiger partial charge in [0, 0.05) is 11.6 Å². The summed E-state index contributed by atoms with van der Waals surface area (Å²) in [6, 6.07) is 0.833. The average molecular weight is 249 g/mol. The van der Waals surface area contributed by atoms with Crippen LogP contribution in [0.5, 0.6) is 0 Å².